The second-order valence-corrected chi connectivity index (χ2v) is 7.07. The molecule has 158 valence electrons. The van der Waals surface area contributed by atoms with Crippen molar-refractivity contribution < 1.29 is 29.6 Å². The number of aliphatic hydroxyl groups is 2. The predicted octanol–water partition coefficient (Wildman–Crippen LogP) is 3.80. The second-order valence-electron chi connectivity index (χ2n) is 7.07. The first-order valence-electron chi connectivity index (χ1n) is 9.92. The highest BCUT2D eigenvalue weighted by Crippen LogP contribution is 2.21. The fourth-order valence-corrected chi connectivity index (χ4v) is 2.90. The summed E-state index contributed by atoms with van der Waals surface area (Å²) >= 11 is 0. The number of benzene rings is 1. The Labute approximate surface area is 167 Å². The molecular formula is C22H34O6. The first kappa shape index (κ1) is 24.0. The summed E-state index contributed by atoms with van der Waals surface area (Å²) in [6, 6.07) is 7.27. The molecule has 0 spiro atoms. The van der Waals surface area contributed by atoms with Crippen LogP contribution in [0.4, 0.5) is 0 Å². The average molecular weight is 395 g/mol. The Kier molecular flexibility index (Phi) is 12.0. The van der Waals surface area contributed by atoms with E-state index in [9.17, 15) is 15.0 Å². The molecule has 28 heavy (non-hydrogen) atoms. The number of aliphatic hydroxyl groups excluding tert-OH is 2. The average Bonchev–Trinajstić information content (AvgIpc) is 2.67. The van der Waals surface area contributed by atoms with Crippen LogP contribution in [0.3, 0.4) is 0 Å². The number of rotatable bonds is 15. The van der Waals surface area contributed by atoms with Gasteiger partial charge in [-0.15, -0.1) is 0 Å². The normalized spacial score (nSPS) is 14.6. The molecule has 0 aliphatic rings. The van der Waals surface area contributed by atoms with Crippen LogP contribution in [0.5, 0.6) is 11.5 Å². The van der Waals surface area contributed by atoms with Crippen molar-refractivity contribution in [3.63, 3.8) is 0 Å². The molecule has 0 fully saturated rings. The van der Waals surface area contributed by atoms with Crippen molar-refractivity contribution in [1.29, 1.82) is 0 Å². The fourth-order valence-electron chi connectivity index (χ4n) is 2.90. The minimum absolute atomic E-state index is 0.127. The van der Waals surface area contributed by atoms with Crippen molar-refractivity contribution >= 4 is 5.97 Å². The summed E-state index contributed by atoms with van der Waals surface area (Å²) in [6.07, 6.45) is 7.52. The second kappa shape index (κ2) is 14.0. The quantitative estimate of drug-likeness (QED) is 0.309. The van der Waals surface area contributed by atoms with E-state index in [1.54, 1.807) is 20.1 Å². The van der Waals surface area contributed by atoms with Gasteiger partial charge in [-0.1, -0.05) is 24.6 Å². The zero-order chi connectivity index (χ0) is 20.8. The lowest BCUT2D eigenvalue weighted by molar-refractivity contribution is -0.137. The zero-order valence-electron chi connectivity index (χ0n) is 16.9. The maximum atomic E-state index is 10.5. The Hall–Kier alpha value is -2.05. The molecule has 1 aromatic carbocycles. The third-order valence-electron chi connectivity index (χ3n) is 4.65. The lowest BCUT2D eigenvalue weighted by Crippen LogP contribution is -2.20. The van der Waals surface area contributed by atoms with Crippen LogP contribution >= 0.6 is 0 Å². The molecule has 0 radical (unpaired) electrons. The van der Waals surface area contributed by atoms with E-state index in [2.05, 4.69) is 0 Å². The number of ether oxygens (including phenoxy) is 2. The van der Waals surface area contributed by atoms with Gasteiger partial charge in [0.2, 0.25) is 0 Å². The van der Waals surface area contributed by atoms with E-state index in [-0.39, 0.29) is 18.9 Å². The van der Waals surface area contributed by atoms with Gasteiger partial charge in [-0.3, -0.25) is 4.79 Å². The Morgan fingerprint density at radius 3 is 2.57 bits per heavy atom. The number of allylic oxidation sites excluding steroid dienone is 2. The van der Waals surface area contributed by atoms with Crippen molar-refractivity contribution in [3.05, 3.63) is 36.4 Å². The van der Waals surface area contributed by atoms with E-state index in [4.69, 9.17) is 14.6 Å². The molecule has 0 saturated heterocycles. The molecule has 0 saturated carbocycles. The molecule has 0 aliphatic heterocycles. The van der Waals surface area contributed by atoms with Crippen LogP contribution < -0.4 is 9.47 Å². The predicted molar refractivity (Wildman–Crippen MR) is 109 cm³/mol. The van der Waals surface area contributed by atoms with Crippen molar-refractivity contribution in [2.24, 2.45) is 5.92 Å². The van der Waals surface area contributed by atoms with Crippen molar-refractivity contribution in [1.82, 2.24) is 0 Å². The van der Waals surface area contributed by atoms with E-state index in [0.29, 0.717) is 24.3 Å². The van der Waals surface area contributed by atoms with Crippen LogP contribution in [0.15, 0.2) is 36.4 Å². The van der Waals surface area contributed by atoms with Crippen LogP contribution in [0.2, 0.25) is 0 Å². The summed E-state index contributed by atoms with van der Waals surface area (Å²) in [6.45, 7) is 2.00. The molecular weight excluding hydrogens is 360 g/mol. The number of aliphatic carboxylic acids is 1. The first-order valence-corrected chi connectivity index (χ1v) is 9.92. The number of methoxy groups -OCH3 is 1. The van der Waals surface area contributed by atoms with Gasteiger partial charge in [0.1, 0.15) is 18.1 Å². The molecule has 0 bridgehead atoms. The third-order valence-corrected chi connectivity index (χ3v) is 4.65. The van der Waals surface area contributed by atoms with Gasteiger partial charge in [0.05, 0.1) is 19.3 Å². The largest absolute Gasteiger partial charge is 0.497 e. The standard InChI is InChI=1S/C22H34O6/c1-17(23)18(9-5-3-4-6-14-22(25)26)10-7-11-19(24)16-28-21-13-8-12-20(15-21)27-2/h3,5,8,12-13,15,17-19,23-24H,4,6-7,9-11,14,16H2,1-2H3,(H,25,26)/b5-3-. The Morgan fingerprint density at radius 1 is 1.14 bits per heavy atom. The lowest BCUT2D eigenvalue weighted by Gasteiger charge is -2.19. The summed E-state index contributed by atoms with van der Waals surface area (Å²) < 4.78 is 10.7. The van der Waals surface area contributed by atoms with E-state index >= 15 is 0 Å². The summed E-state index contributed by atoms with van der Waals surface area (Å²) in [4.78, 5) is 10.5. The Morgan fingerprint density at radius 2 is 1.89 bits per heavy atom. The van der Waals surface area contributed by atoms with E-state index in [1.165, 1.54) is 0 Å². The topological polar surface area (TPSA) is 96.2 Å². The number of unbranched alkanes of at least 4 members (excludes halogenated alkanes) is 1. The molecule has 0 amide bonds. The monoisotopic (exact) mass is 394 g/mol. The van der Waals surface area contributed by atoms with Crippen LogP contribution in [0.25, 0.3) is 0 Å². The summed E-state index contributed by atoms with van der Waals surface area (Å²) in [7, 11) is 1.60. The van der Waals surface area contributed by atoms with Crippen molar-refractivity contribution in [3.8, 4) is 11.5 Å². The van der Waals surface area contributed by atoms with E-state index < -0.39 is 18.2 Å². The van der Waals surface area contributed by atoms with Gasteiger partial charge in [0.15, 0.2) is 0 Å². The first-order chi connectivity index (χ1) is 13.4. The van der Waals surface area contributed by atoms with E-state index in [1.807, 2.05) is 30.4 Å². The lowest BCUT2D eigenvalue weighted by atomic mass is 9.92. The fraction of sp³-hybridized carbons (Fsp3) is 0.591. The minimum atomic E-state index is -0.774. The minimum Gasteiger partial charge on any atom is -0.497 e. The van der Waals surface area contributed by atoms with Gasteiger partial charge in [0.25, 0.3) is 0 Å². The Balaban J connectivity index is 2.25. The smallest absolute Gasteiger partial charge is 0.303 e. The number of carboxylic acids is 1. The van der Waals surface area contributed by atoms with Crippen LogP contribution in [0.1, 0.15) is 51.9 Å². The van der Waals surface area contributed by atoms with Gasteiger partial charge in [-0.25, -0.2) is 0 Å². The molecule has 3 N–H and O–H groups in total. The maximum absolute atomic E-state index is 10.5. The molecule has 0 heterocycles. The third kappa shape index (κ3) is 10.9. The number of hydrogen-bond acceptors (Lipinski definition) is 5. The van der Waals surface area contributed by atoms with Crippen LogP contribution in [-0.2, 0) is 4.79 Å². The van der Waals surface area contributed by atoms with Gasteiger partial charge in [-0.2, -0.15) is 0 Å². The van der Waals surface area contributed by atoms with Gasteiger partial charge < -0.3 is 24.8 Å². The number of carbonyl (C=O) groups is 1. The van der Waals surface area contributed by atoms with Crippen molar-refractivity contribution in [2.75, 3.05) is 13.7 Å². The molecule has 0 aliphatic carbocycles. The highest BCUT2D eigenvalue weighted by Gasteiger charge is 2.14. The van der Waals surface area contributed by atoms with Crippen LogP contribution in [-0.4, -0.2) is 47.2 Å². The molecule has 1 aromatic rings. The molecule has 6 heteroatoms. The number of hydrogen-bond donors (Lipinski definition) is 3. The molecule has 0 aromatic heterocycles. The summed E-state index contributed by atoms with van der Waals surface area (Å²) in [5.74, 6) is 0.725. The SMILES string of the molecule is COc1cccc(OCC(O)CCCC(C/C=C\CCCC(=O)O)C(C)O)c1. The van der Waals surface area contributed by atoms with Gasteiger partial charge >= 0.3 is 5.97 Å². The van der Waals surface area contributed by atoms with Gasteiger partial charge in [-0.05, 0) is 57.1 Å². The zero-order valence-corrected chi connectivity index (χ0v) is 16.9. The van der Waals surface area contributed by atoms with E-state index in [0.717, 1.165) is 25.7 Å². The van der Waals surface area contributed by atoms with Crippen LogP contribution in [0, 0.1) is 5.92 Å². The maximum Gasteiger partial charge on any atom is 0.303 e. The highest BCUT2D eigenvalue weighted by atomic mass is 16.5. The highest BCUT2D eigenvalue weighted by molar-refractivity contribution is 5.66. The summed E-state index contributed by atoms with van der Waals surface area (Å²) in [5, 5.41) is 28.7. The van der Waals surface area contributed by atoms with Gasteiger partial charge in [0, 0.05) is 12.5 Å². The number of carboxylic acid groups (broad SMARTS) is 1. The summed E-state index contributed by atoms with van der Waals surface area (Å²) in [5.41, 5.74) is 0. The molecule has 1 rings (SSSR count). The molecule has 3 unspecified atom stereocenters. The van der Waals surface area contributed by atoms with Crippen molar-refractivity contribution in [2.45, 2.75) is 64.1 Å². The molecule has 6 nitrogen and oxygen atoms in total. The Bertz CT molecular complexity index is 584. The molecule has 3 atom stereocenters.